The van der Waals surface area contributed by atoms with Crippen molar-refractivity contribution in [2.45, 2.75) is 33.3 Å². The zero-order valence-corrected chi connectivity index (χ0v) is 10.0. The number of rotatable bonds is 3. The third-order valence-electron chi connectivity index (χ3n) is 2.99. The number of nitrogens with two attached hydrogens (primary N) is 1. The number of aryl methyl sites for hydroxylation is 2. The van der Waals surface area contributed by atoms with Crippen LogP contribution < -0.4 is 5.73 Å². The molecule has 1 aromatic carbocycles. The van der Waals surface area contributed by atoms with E-state index in [0.717, 1.165) is 16.7 Å². The van der Waals surface area contributed by atoms with E-state index >= 15 is 0 Å². The lowest BCUT2D eigenvalue weighted by atomic mass is 9.82. The number of hydrogen-bond acceptors (Lipinski definition) is 2. The maximum Gasteiger partial charge on any atom is 0.104 e. The lowest BCUT2D eigenvalue weighted by molar-refractivity contribution is -0.00123. The average Bonchev–Trinajstić information content (AvgIpc) is 2.14. The molecule has 0 saturated heterocycles. The maximum atomic E-state index is 10.5. The molecule has 1 aromatic rings. The highest BCUT2D eigenvalue weighted by atomic mass is 16.3. The van der Waals surface area contributed by atoms with E-state index in [-0.39, 0.29) is 12.5 Å². The summed E-state index contributed by atoms with van der Waals surface area (Å²) in [7, 11) is 0. The van der Waals surface area contributed by atoms with E-state index in [0.29, 0.717) is 0 Å². The highest BCUT2D eigenvalue weighted by Gasteiger charge is 2.31. The molecule has 0 radical (unpaired) electrons. The molecule has 2 heteroatoms. The van der Waals surface area contributed by atoms with Crippen LogP contribution in [0.3, 0.4) is 0 Å². The summed E-state index contributed by atoms with van der Waals surface area (Å²) >= 11 is 0. The minimum Gasteiger partial charge on any atom is -0.384 e. The summed E-state index contributed by atoms with van der Waals surface area (Å²) in [5, 5.41) is 10.5. The molecule has 0 aliphatic heterocycles. The summed E-state index contributed by atoms with van der Waals surface area (Å²) in [6.45, 7) is 8.31. The number of aliphatic hydroxyl groups is 1. The largest absolute Gasteiger partial charge is 0.384 e. The van der Waals surface area contributed by atoms with E-state index in [1.54, 1.807) is 0 Å². The fraction of sp³-hybridized carbons (Fsp3) is 0.538. The quantitative estimate of drug-likeness (QED) is 0.797. The number of hydrogen-bond donors (Lipinski definition) is 2. The van der Waals surface area contributed by atoms with Crippen molar-refractivity contribution in [3.63, 3.8) is 0 Å². The first-order chi connectivity index (χ1) is 6.90. The topological polar surface area (TPSA) is 46.2 Å². The first-order valence-electron chi connectivity index (χ1n) is 5.41. The number of benzene rings is 1. The maximum absolute atomic E-state index is 10.5. The second-order valence-corrected chi connectivity index (χ2v) is 4.66. The van der Waals surface area contributed by atoms with Crippen molar-refractivity contribution in [3.8, 4) is 0 Å². The minimum atomic E-state index is -0.906. The Morgan fingerprint density at radius 1 is 1.20 bits per heavy atom. The van der Waals surface area contributed by atoms with Gasteiger partial charge in [-0.2, -0.15) is 0 Å². The van der Waals surface area contributed by atoms with E-state index in [9.17, 15) is 5.11 Å². The lowest BCUT2D eigenvalue weighted by Crippen LogP contribution is -2.40. The van der Waals surface area contributed by atoms with Gasteiger partial charge in [0.15, 0.2) is 0 Å². The molecule has 0 spiro atoms. The molecule has 0 aliphatic rings. The second-order valence-electron chi connectivity index (χ2n) is 4.66. The fourth-order valence-electron chi connectivity index (χ4n) is 1.91. The van der Waals surface area contributed by atoms with Gasteiger partial charge < -0.3 is 10.8 Å². The smallest absolute Gasteiger partial charge is 0.104 e. The molecule has 15 heavy (non-hydrogen) atoms. The normalized spacial score (nSPS) is 15.4. The molecule has 1 rings (SSSR count). The lowest BCUT2D eigenvalue weighted by Gasteiger charge is -2.32. The Bertz CT molecular complexity index is 326. The molecule has 1 atom stereocenters. The molecule has 3 N–H and O–H groups in total. The molecule has 1 unspecified atom stereocenters. The van der Waals surface area contributed by atoms with Crippen LogP contribution in [0.4, 0.5) is 0 Å². The van der Waals surface area contributed by atoms with Gasteiger partial charge in [-0.3, -0.25) is 0 Å². The van der Waals surface area contributed by atoms with Gasteiger partial charge in [-0.15, -0.1) is 0 Å². The third-order valence-corrected chi connectivity index (χ3v) is 2.99. The SMILES string of the molecule is Cc1cc(C)cc(C(O)(CN)C(C)C)c1. The minimum absolute atomic E-state index is 0.115. The van der Waals surface area contributed by atoms with Crippen LogP contribution in [0.15, 0.2) is 18.2 Å². The van der Waals surface area contributed by atoms with Crippen molar-refractivity contribution in [1.29, 1.82) is 0 Å². The Kier molecular flexibility index (Phi) is 3.53. The van der Waals surface area contributed by atoms with Crippen LogP contribution in [-0.2, 0) is 5.60 Å². The van der Waals surface area contributed by atoms with Crippen molar-refractivity contribution >= 4 is 0 Å². The van der Waals surface area contributed by atoms with Crippen molar-refractivity contribution in [1.82, 2.24) is 0 Å². The summed E-state index contributed by atoms with van der Waals surface area (Å²) in [4.78, 5) is 0. The molecule has 2 nitrogen and oxygen atoms in total. The second kappa shape index (κ2) is 4.33. The third kappa shape index (κ3) is 2.39. The summed E-state index contributed by atoms with van der Waals surface area (Å²) in [6.07, 6.45) is 0. The molecular formula is C13H21NO. The Hall–Kier alpha value is -0.860. The zero-order chi connectivity index (χ0) is 11.6. The van der Waals surface area contributed by atoms with Gasteiger partial charge in [-0.25, -0.2) is 0 Å². The van der Waals surface area contributed by atoms with Gasteiger partial charge in [0.1, 0.15) is 5.60 Å². The van der Waals surface area contributed by atoms with Gasteiger partial charge in [-0.1, -0.05) is 43.2 Å². The molecule has 0 saturated carbocycles. The van der Waals surface area contributed by atoms with Gasteiger partial charge in [0.05, 0.1) is 0 Å². The Balaban J connectivity index is 3.23. The molecule has 0 aliphatic carbocycles. The summed E-state index contributed by atoms with van der Waals surface area (Å²) in [5.74, 6) is 0.115. The van der Waals surface area contributed by atoms with Crippen LogP contribution in [0.1, 0.15) is 30.5 Å². The van der Waals surface area contributed by atoms with Crippen molar-refractivity contribution in [2.75, 3.05) is 6.54 Å². The van der Waals surface area contributed by atoms with E-state index in [4.69, 9.17) is 5.73 Å². The van der Waals surface area contributed by atoms with Gasteiger partial charge in [0, 0.05) is 6.54 Å². The monoisotopic (exact) mass is 207 g/mol. The Morgan fingerprint density at radius 3 is 2.00 bits per heavy atom. The van der Waals surface area contributed by atoms with Gasteiger partial charge in [0.25, 0.3) is 0 Å². The van der Waals surface area contributed by atoms with Crippen LogP contribution in [0.5, 0.6) is 0 Å². The van der Waals surface area contributed by atoms with Gasteiger partial charge in [0.2, 0.25) is 0 Å². The van der Waals surface area contributed by atoms with Crippen LogP contribution in [0.2, 0.25) is 0 Å². The van der Waals surface area contributed by atoms with E-state index in [1.165, 1.54) is 0 Å². The van der Waals surface area contributed by atoms with E-state index in [2.05, 4.69) is 6.07 Å². The molecular weight excluding hydrogens is 186 g/mol. The fourth-order valence-corrected chi connectivity index (χ4v) is 1.91. The van der Waals surface area contributed by atoms with Crippen molar-refractivity contribution in [3.05, 3.63) is 34.9 Å². The van der Waals surface area contributed by atoms with Crippen LogP contribution in [0.25, 0.3) is 0 Å². The molecule has 0 heterocycles. The molecule has 0 bridgehead atoms. The summed E-state index contributed by atoms with van der Waals surface area (Å²) in [5.41, 5.74) is 8.04. The van der Waals surface area contributed by atoms with E-state index in [1.807, 2.05) is 39.8 Å². The van der Waals surface area contributed by atoms with Crippen molar-refractivity contribution < 1.29 is 5.11 Å². The van der Waals surface area contributed by atoms with Crippen LogP contribution in [0, 0.1) is 19.8 Å². The molecule has 0 amide bonds. The van der Waals surface area contributed by atoms with E-state index < -0.39 is 5.60 Å². The molecule has 0 aromatic heterocycles. The first-order valence-corrected chi connectivity index (χ1v) is 5.41. The summed E-state index contributed by atoms with van der Waals surface area (Å²) in [6, 6.07) is 6.13. The summed E-state index contributed by atoms with van der Waals surface area (Å²) < 4.78 is 0. The van der Waals surface area contributed by atoms with Gasteiger partial charge >= 0.3 is 0 Å². The van der Waals surface area contributed by atoms with Crippen LogP contribution in [-0.4, -0.2) is 11.7 Å². The molecule has 0 fully saturated rings. The van der Waals surface area contributed by atoms with Crippen molar-refractivity contribution in [2.24, 2.45) is 11.7 Å². The zero-order valence-electron chi connectivity index (χ0n) is 10.0. The highest BCUT2D eigenvalue weighted by Crippen LogP contribution is 2.29. The predicted molar refractivity (Wildman–Crippen MR) is 63.7 cm³/mol. The Labute approximate surface area is 92.1 Å². The standard InChI is InChI=1S/C13H21NO/c1-9(2)13(15,8-14)12-6-10(3)5-11(4)7-12/h5-7,9,15H,8,14H2,1-4H3. The Morgan fingerprint density at radius 2 is 1.67 bits per heavy atom. The van der Waals surface area contributed by atoms with Crippen LogP contribution >= 0.6 is 0 Å². The highest BCUT2D eigenvalue weighted by molar-refractivity contribution is 5.33. The average molecular weight is 207 g/mol. The first kappa shape index (κ1) is 12.2. The molecule has 84 valence electrons. The van der Waals surface area contributed by atoms with Gasteiger partial charge in [-0.05, 0) is 25.3 Å². The predicted octanol–water partition coefficient (Wildman–Crippen LogP) is 2.11.